The van der Waals surface area contributed by atoms with Crippen LogP contribution in [0.2, 0.25) is 0 Å². The van der Waals surface area contributed by atoms with Crippen molar-refractivity contribution in [3.05, 3.63) is 32.9 Å². The molecule has 0 aliphatic carbocycles. The number of thiol groups is 1. The summed E-state index contributed by atoms with van der Waals surface area (Å²) in [5.74, 6) is 1.24. The molecule has 2 atom stereocenters. The second kappa shape index (κ2) is 4.59. The molecule has 1 aliphatic rings. The average Bonchev–Trinajstić information content (AvgIpc) is 2.58. The van der Waals surface area contributed by atoms with Crippen LogP contribution in [0.25, 0.3) is 0 Å². The molecule has 0 amide bonds. The van der Waals surface area contributed by atoms with Crippen molar-refractivity contribution < 1.29 is 4.74 Å². The van der Waals surface area contributed by atoms with Gasteiger partial charge in [-0.3, -0.25) is 0 Å². The molecule has 0 spiro atoms. The van der Waals surface area contributed by atoms with Gasteiger partial charge in [0.05, 0.1) is 4.90 Å². The van der Waals surface area contributed by atoms with Crippen LogP contribution in [-0.2, 0) is 0 Å². The monoisotopic (exact) mass is 472 g/mol. The third-order valence-electron chi connectivity index (χ3n) is 3.52. The van der Waals surface area contributed by atoms with Crippen molar-refractivity contribution in [1.82, 2.24) is 0 Å². The van der Waals surface area contributed by atoms with E-state index in [1.54, 1.807) is 0 Å². The Hall–Kier alpha value is 0.570. The van der Waals surface area contributed by atoms with Crippen LogP contribution in [0.3, 0.4) is 0 Å². The van der Waals surface area contributed by atoms with E-state index in [1.807, 2.05) is 6.08 Å². The molecule has 0 fully saturated rings. The van der Waals surface area contributed by atoms with Gasteiger partial charge < -0.3 is 4.74 Å². The molecule has 0 aromatic heterocycles. The van der Waals surface area contributed by atoms with Crippen LogP contribution >= 0.6 is 57.8 Å². The number of rotatable bonds is 1. The van der Waals surface area contributed by atoms with E-state index >= 15 is 0 Å². The Bertz CT molecular complexity index is 513. The van der Waals surface area contributed by atoms with Crippen LogP contribution in [0.4, 0.5) is 0 Å². The van der Waals surface area contributed by atoms with Crippen LogP contribution in [0.1, 0.15) is 29.5 Å². The molecule has 0 bridgehead atoms. The number of fused-ring (bicyclic) bond motifs is 1. The van der Waals surface area contributed by atoms with Crippen molar-refractivity contribution >= 4 is 57.8 Å². The minimum absolute atomic E-state index is 0.303. The standard InChI is InChI=1S/C13H14I2OS/c1-5-13(15)8(4)9-6(2)7(3)10(14)12(17)11(9)16-13/h5,8,17H,1H2,2-4H3. The number of benzene rings is 1. The van der Waals surface area contributed by atoms with E-state index in [-0.39, 0.29) is 3.61 Å². The largest absolute Gasteiger partial charge is 0.471 e. The maximum Gasteiger partial charge on any atom is 0.183 e. The predicted octanol–water partition coefficient (Wildman–Crippen LogP) is 5.01. The molecule has 1 aromatic rings. The Morgan fingerprint density at radius 2 is 2.00 bits per heavy atom. The lowest BCUT2D eigenvalue weighted by atomic mass is 9.91. The molecule has 0 radical (unpaired) electrons. The van der Waals surface area contributed by atoms with E-state index < -0.39 is 0 Å². The zero-order valence-corrected chi connectivity index (χ0v) is 15.2. The summed E-state index contributed by atoms with van der Waals surface area (Å²) in [7, 11) is 0. The summed E-state index contributed by atoms with van der Waals surface area (Å²) in [5.41, 5.74) is 3.90. The topological polar surface area (TPSA) is 9.23 Å². The van der Waals surface area contributed by atoms with Crippen molar-refractivity contribution in [2.24, 2.45) is 0 Å². The normalized spacial score (nSPS) is 26.6. The highest BCUT2D eigenvalue weighted by molar-refractivity contribution is 14.1. The van der Waals surface area contributed by atoms with Crippen LogP contribution < -0.4 is 4.74 Å². The summed E-state index contributed by atoms with van der Waals surface area (Å²) in [5, 5.41) is 0. The van der Waals surface area contributed by atoms with Crippen molar-refractivity contribution in [2.75, 3.05) is 0 Å². The first-order valence-electron chi connectivity index (χ1n) is 5.36. The van der Waals surface area contributed by atoms with E-state index in [1.165, 1.54) is 20.3 Å². The third kappa shape index (κ3) is 1.94. The van der Waals surface area contributed by atoms with Gasteiger partial charge in [-0.05, 0) is 76.2 Å². The van der Waals surface area contributed by atoms with E-state index in [0.717, 1.165) is 10.6 Å². The molecule has 0 N–H and O–H groups in total. The first-order chi connectivity index (χ1) is 7.83. The maximum atomic E-state index is 6.09. The smallest absolute Gasteiger partial charge is 0.183 e. The predicted molar refractivity (Wildman–Crippen MR) is 91.9 cm³/mol. The summed E-state index contributed by atoms with van der Waals surface area (Å²) in [6.45, 7) is 10.4. The Morgan fingerprint density at radius 1 is 1.41 bits per heavy atom. The van der Waals surface area contributed by atoms with Gasteiger partial charge in [0, 0.05) is 15.1 Å². The SMILES string of the molecule is C=CC1(I)Oc2c(S)c(I)c(C)c(C)c2C1C. The van der Waals surface area contributed by atoms with Crippen molar-refractivity contribution in [3.8, 4) is 5.75 Å². The number of ether oxygens (including phenoxy) is 1. The molecule has 1 aromatic carbocycles. The molecule has 1 heterocycles. The maximum absolute atomic E-state index is 6.09. The van der Waals surface area contributed by atoms with E-state index in [9.17, 15) is 0 Å². The van der Waals surface area contributed by atoms with Gasteiger partial charge in [-0.15, -0.1) is 12.6 Å². The molecule has 1 aliphatic heterocycles. The summed E-state index contributed by atoms with van der Waals surface area (Å²) in [4.78, 5) is 0.955. The van der Waals surface area contributed by atoms with Crippen molar-refractivity contribution in [1.29, 1.82) is 0 Å². The Balaban J connectivity index is 2.75. The molecule has 0 saturated heterocycles. The van der Waals surface area contributed by atoms with Gasteiger partial charge in [0.2, 0.25) is 0 Å². The molecule has 0 saturated carbocycles. The second-order valence-electron chi connectivity index (χ2n) is 4.38. The van der Waals surface area contributed by atoms with Gasteiger partial charge in [0.25, 0.3) is 0 Å². The summed E-state index contributed by atoms with van der Waals surface area (Å²) in [6.07, 6.45) is 1.88. The molecule has 2 unspecified atom stereocenters. The van der Waals surface area contributed by atoms with Gasteiger partial charge >= 0.3 is 0 Å². The Kier molecular flexibility index (Phi) is 3.78. The van der Waals surface area contributed by atoms with Crippen LogP contribution in [0, 0.1) is 17.4 Å². The zero-order chi connectivity index (χ0) is 13.0. The molecule has 2 rings (SSSR count). The number of hydrogen-bond donors (Lipinski definition) is 1. The minimum Gasteiger partial charge on any atom is -0.471 e. The van der Waals surface area contributed by atoms with Crippen LogP contribution in [0.5, 0.6) is 5.75 Å². The lowest BCUT2D eigenvalue weighted by molar-refractivity contribution is 0.240. The fourth-order valence-electron chi connectivity index (χ4n) is 2.23. The van der Waals surface area contributed by atoms with Crippen LogP contribution in [0.15, 0.2) is 17.6 Å². The Morgan fingerprint density at radius 3 is 2.53 bits per heavy atom. The van der Waals surface area contributed by atoms with Crippen molar-refractivity contribution in [2.45, 2.75) is 35.2 Å². The summed E-state index contributed by atoms with van der Waals surface area (Å²) >= 11 is 9.27. The summed E-state index contributed by atoms with van der Waals surface area (Å²) < 4.78 is 6.92. The molecule has 92 valence electrons. The summed E-state index contributed by atoms with van der Waals surface area (Å²) in [6, 6.07) is 0. The highest BCUT2D eigenvalue weighted by Crippen LogP contribution is 2.54. The zero-order valence-electron chi connectivity index (χ0n) is 9.97. The highest BCUT2D eigenvalue weighted by atomic mass is 127. The molecule has 1 nitrogen and oxygen atoms in total. The van der Waals surface area contributed by atoms with Crippen molar-refractivity contribution in [3.63, 3.8) is 0 Å². The quantitative estimate of drug-likeness (QED) is 0.262. The fraction of sp³-hybridized carbons (Fsp3) is 0.385. The Labute approximate surface area is 135 Å². The number of hydrogen-bond acceptors (Lipinski definition) is 2. The van der Waals surface area contributed by atoms with E-state index in [4.69, 9.17) is 4.74 Å². The minimum atomic E-state index is -0.348. The average molecular weight is 472 g/mol. The van der Waals surface area contributed by atoms with Crippen LogP contribution in [-0.4, -0.2) is 3.61 Å². The highest BCUT2D eigenvalue weighted by Gasteiger charge is 2.44. The lowest BCUT2D eigenvalue weighted by Gasteiger charge is -2.22. The van der Waals surface area contributed by atoms with Gasteiger partial charge in [-0.1, -0.05) is 13.5 Å². The lowest BCUT2D eigenvalue weighted by Crippen LogP contribution is -2.25. The van der Waals surface area contributed by atoms with Gasteiger partial charge in [0.15, 0.2) is 3.61 Å². The molecule has 4 heteroatoms. The molecular weight excluding hydrogens is 458 g/mol. The number of halogens is 2. The first kappa shape index (κ1) is 14.0. The van der Waals surface area contributed by atoms with Gasteiger partial charge in [0.1, 0.15) is 5.75 Å². The van der Waals surface area contributed by atoms with E-state index in [0.29, 0.717) is 5.92 Å². The molecule has 17 heavy (non-hydrogen) atoms. The fourth-order valence-corrected chi connectivity index (χ4v) is 3.74. The third-order valence-corrected chi connectivity index (χ3v) is 7.32. The molecular formula is C13H14I2OS. The van der Waals surface area contributed by atoms with Gasteiger partial charge in [-0.25, -0.2) is 0 Å². The number of alkyl halides is 1. The second-order valence-corrected chi connectivity index (χ2v) is 7.59. The van der Waals surface area contributed by atoms with Gasteiger partial charge in [-0.2, -0.15) is 0 Å². The first-order valence-corrected chi connectivity index (χ1v) is 7.97. The van der Waals surface area contributed by atoms with E-state index in [2.05, 4.69) is 85.2 Å².